The van der Waals surface area contributed by atoms with Crippen LogP contribution in [0.4, 0.5) is 8.78 Å². The molecule has 13 heavy (non-hydrogen) atoms. The van der Waals surface area contributed by atoms with Gasteiger partial charge in [-0.3, -0.25) is 0 Å². The molecule has 1 aromatic rings. The Morgan fingerprint density at radius 2 is 2.00 bits per heavy atom. The van der Waals surface area contributed by atoms with Gasteiger partial charge in [0.2, 0.25) is 0 Å². The van der Waals surface area contributed by atoms with Gasteiger partial charge < -0.3 is 0 Å². The minimum Gasteiger partial charge on any atom is -0.204 e. The van der Waals surface area contributed by atoms with Gasteiger partial charge in [-0.25, -0.2) is 8.78 Å². The lowest BCUT2D eigenvalue weighted by atomic mass is 9.99. The third-order valence-corrected chi connectivity index (χ3v) is 2.88. The first-order chi connectivity index (χ1) is 6.22. The predicted molar refractivity (Wildman–Crippen MR) is 47.7 cm³/mol. The van der Waals surface area contributed by atoms with Gasteiger partial charge in [-0.15, -0.1) is 0 Å². The molecule has 70 valence electrons. The van der Waals surface area contributed by atoms with E-state index in [0.717, 1.165) is 30.4 Å². The molecule has 1 aromatic carbocycles. The van der Waals surface area contributed by atoms with E-state index in [1.165, 1.54) is 12.1 Å². The van der Waals surface area contributed by atoms with Gasteiger partial charge in [-0.05, 0) is 48.4 Å². The maximum atomic E-state index is 12.9. The summed E-state index contributed by atoms with van der Waals surface area (Å²) in [6.45, 7) is 2.08. The molecule has 0 heterocycles. The highest BCUT2D eigenvalue weighted by Gasteiger charge is 2.22. The van der Waals surface area contributed by atoms with Crippen molar-refractivity contribution in [2.45, 2.75) is 32.1 Å². The summed E-state index contributed by atoms with van der Waals surface area (Å²) in [7, 11) is 0. The molecule has 0 bridgehead atoms. The normalized spacial score (nSPS) is 20.4. The van der Waals surface area contributed by atoms with Crippen LogP contribution in [0.25, 0.3) is 0 Å². The molecule has 0 aromatic heterocycles. The van der Waals surface area contributed by atoms with Crippen molar-refractivity contribution in [2.24, 2.45) is 0 Å². The van der Waals surface area contributed by atoms with Crippen LogP contribution in [-0.4, -0.2) is 0 Å². The van der Waals surface area contributed by atoms with E-state index in [2.05, 4.69) is 6.92 Å². The predicted octanol–water partition coefficient (Wildman–Crippen LogP) is 3.40. The first-order valence-electron chi connectivity index (χ1n) is 4.70. The summed E-state index contributed by atoms with van der Waals surface area (Å²) in [6, 6.07) is 2.71. The highest BCUT2D eigenvalue weighted by molar-refractivity contribution is 5.35. The second-order valence-electron chi connectivity index (χ2n) is 3.61. The van der Waals surface area contributed by atoms with Crippen molar-refractivity contribution < 1.29 is 8.78 Å². The number of hydrogen-bond acceptors (Lipinski definition) is 0. The first kappa shape index (κ1) is 8.67. The topological polar surface area (TPSA) is 0 Å². The van der Waals surface area contributed by atoms with Crippen molar-refractivity contribution in [1.29, 1.82) is 0 Å². The van der Waals surface area contributed by atoms with Crippen LogP contribution in [-0.2, 0) is 6.42 Å². The number of hydrogen-bond donors (Lipinski definition) is 0. The van der Waals surface area contributed by atoms with Gasteiger partial charge in [0.25, 0.3) is 0 Å². The molecule has 2 heteroatoms. The van der Waals surface area contributed by atoms with Crippen LogP contribution in [0, 0.1) is 11.6 Å². The van der Waals surface area contributed by atoms with Crippen LogP contribution < -0.4 is 0 Å². The Labute approximate surface area is 76.6 Å². The van der Waals surface area contributed by atoms with Crippen LogP contribution in [0.1, 0.15) is 36.8 Å². The third kappa shape index (κ3) is 1.34. The molecule has 1 atom stereocenters. The Bertz CT molecular complexity index is 331. The van der Waals surface area contributed by atoms with E-state index in [4.69, 9.17) is 0 Å². The van der Waals surface area contributed by atoms with Gasteiger partial charge in [0, 0.05) is 0 Å². The molecule has 1 aliphatic carbocycles. The molecular weight excluding hydrogens is 170 g/mol. The zero-order valence-corrected chi connectivity index (χ0v) is 7.61. The molecule has 0 nitrogen and oxygen atoms in total. The fraction of sp³-hybridized carbons (Fsp3) is 0.455. The highest BCUT2D eigenvalue weighted by atomic mass is 19.2. The second-order valence-corrected chi connectivity index (χ2v) is 3.61. The van der Waals surface area contributed by atoms with Crippen LogP contribution in [0.15, 0.2) is 12.1 Å². The molecular formula is C11H12F2. The van der Waals surface area contributed by atoms with E-state index in [1.807, 2.05) is 0 Å². The minimum absolute atomic E-state index is 0.435. The molecule has 0 amide bonds. The van der Waals surface area contributed by atoms with Gasteiger partial charge >= 0.3 is 0 Å². The van der Waals surface area contributed by atoms with Gasteiger partial charge in [-0.1, -0.05) is 6.92 Å². The Balaban J connectivity index is 2.47. The van der Waals surface area contributed by atoms with Crippen LogP contribution in [0.2, 0.25) is 0 Å². The standard InChI is InChI=1S/C11H12F2/c1-2-7-3-4-8-5-10(12)11(13)6-9(7)8/h5-7H,2-4H2,1H3. The number of fused-ring (bicyclic) bond motifs is 1. The summed E-state index contributed by atoms with van der Waals surface area (Å²) in [5.41, 5.74) is 2.01. The van der Waals surface area contributed by atoms with E-state index < -0.39 is 11.6 Å². The van der Waals surface area contributed by atoms with E-state index in [0.29, 0.717) is 5.92 Å². The van der Waals surface area contributed by atoms with Crippen LogP contribution >= 0.6 is 0 Å². The summed E-state index contributed by atoms with van der Waals surface area (Å²) in [5.74, 6) is -0.986. The quantitative estimate of drug-likeness (QED) is 0.624. The fourth-order valence-corrected chi connectivity index (χ4v) is 2.11. The van der Waals surface area contributed by atoms with E-state index in [9.17, 15) is 8.78 Å². The van der Waals surface area contributed by atoms with Crippen molar-refractivity contribution in [3.8, 4) is 0 Å². The van der Waals surface area contributed by atoms with Crippen molar-refractivity contribution >= 4 is 0 Å². The molecule has 0 radical (unpaired) electrons. The van der Waals surface area contributed by atoms with Gasteiger partial charge in [0.15, 0.2) is 11.6 Å². The molecule has 0 saturated heterocycles. The van der Waals surface area contributed by atoms with Crippen LogP contribution in [0.3, 0.4) is 0 Å². The first-order valence-corrected chi connectivity index (χ1v) is 4.70. The Morgan fingerprint density at radius 3 is 2.69 bits per heavy atom. The second kappa shape index (κ2) is 3.09. The lowest BCUT2D eigenvalue weighted by Gasteiger charge is -2.07. The molecule has 0 N–H and O–H groups in total. The largest absolute Gasteiger partial charge is 0.204 e. The van der Waals surface area contributed by atoms with Gasteiger partial charge in [-0.2, -0.15) is 0 Å². The fourth-order valence-electron chi connectivity index (χ4n) is 2.11. The number of benzene rings is 1. The zero-order chi connectivity index (χ0) is 9.42. The molecule has 2 rings (SSSR count). The zero-order valence-electron chi connectivity index (χ0n) is 7.61. The smallest absolute Gasteiger partial charge is 0.159 e. The minimum atomic E-state index is -0.712. The summed E-state index contributed by atoms with van der Waals surface area (Å²) in [4.78, 5) is 0. The van der Waals surface area contributed by atoms with Crippen molar-refractivity contribution in [3.05, 3.63) is 34.9 Å². The number of halogens is 2. The van der Waals surface area contributed by atoms with E-state index in [-0.39, 0.29) is 0 Å². The Hall–Kier alpha value is -0.920. The van der Waals surface area contributed by atoms with Gasteiger partial charge in [0.05, 0.1) is 0 Å². The number of aryl methyl sites for hydroxylation is 1. The SMILES string of the molecule is CCC1CCc2cc(F)c(F)cc21. The summed E-state index contributed by atoms with van der Waals surface area (Å²) in [5, 5.41) is 0. The summed E-state index contributed by atoms with van der Waals surface area (Å²) >= 11 is 0. The Kier molecular flexibility index (Phi) is 2.06. The molecule has 0 aliphatic heterocycles. The molecule has 1 aliphatic rings. The lowest BCUT2D eigenvalue weighted by Crippen LogP contribution is -1.94. The van der Waals surface area contributed by atoms with Gasteiger partial charge in [0.1, 0.15) is 0 Å². The lowest BCUT2D eigenvalue weighted by molar-refractivity contribution is 0.505. The molecule has 1 unspecified atom stereocenters. The van der Waals surface area contributed by atoms with E-state index in [1.54, 1.807) is 0 Å². The van der Waals surface area contributed by atoms with Crippen molar-refractivity contribution in [1.82, 2.24) is 0 Å². The average Bonchev–Trinajstić information content (AvgIpc) is 2.48. The molecule has 0 spiro atoms. The van der Waals surface area contributed by atoms with Crippen molar-refractivity contribution in [2.75, 3.05) is 0 Å². The number of rotatable bonds is 1. The average molecular weight is 182 g/mol. The Morgan fingerprint density at radius 1 is 1.31 bits per heavy atom. The van der Waals surface area contributed by atoms with E-state index >= 15 is 0 Å². The monoisotopic (exact) mass is 182 g/mol. The summed E-state index contributed by atoms with van der Waals surface area (Å²) < 4.78 is 25.7. The summed E-state index contributed by atoms with van der Waals surface area (Å²) in [6.07, 6.45) is 2.94. The molecule has 0 saturated carbocycles. The third-order valence-electron chi connectivity index (χ3n) is 2.88. The van der Waals surface area contributed by atoms with Crippen LogP contribution in [0.5, 0.6) is 0 Å². The molecule has 0 fully saturated rings. The van der Waals surface area contributed by atoms with Crippen molar-refractivity contribution in [3.63, 3.8) is 0 Å². The highest BCUT2D eigenvalue weighted by Crippen LogP contribution is 2.36. The maximum Gasteiger partial charge on any atom is 0.159 e. The maximum absolute atomic E-state index is 12.9.